The third-order valence-corrected chi connectivity index (χ3v) is 7.49. The number of amides is 1. The Morgan fingerprint density at radius 2 is 1.97 bits per heavy atom. The maximum atomic E-state index is 14.3. The van der Waals surface area contributed by atoms with Gasteiger partial charge < -0.3 is 9.64 Å². The number of fused-ring (bicyclic) bond motifs is 5. The highest BCUT2D eigenvalue weighted by atomic mass is 19.1. The minimum Gasteiger partial charge on any atom is -0.447 e. The summed E-state index contributed by atoms with van der Waals surface area (Å²) < 4.78 is 33.8. The highest BCUT2D eigenvalue weighted by Crippen LogP contribution is 2.67. The molecule has 0 spiro atoms. The normalized spacial score (nSPS) is 29.3. The third-order valence-electron chi connectivity index (χ3n) is 7.49. The molecule has 29 heavy (non-hydrogen) atoms. The van der Waals surface area contributed by atoms with Crippen LogP contribution in [0.1, 0.15) is 50.8 Å². The molecule has 2 bridgehead atoms. The second-order valence-electron chi connectivity index (χ2n) is 9.08. The maximum Gasteiger partial charge on any atom is 0.410 e. The first-order valence-electron chi connectivity index (χ1n) is 10.0. The Hall–Kier alpha value is -2.57. The fourth-order valence-electron chi connectivity index (χ4n) is 5.70. The van der Waals surface area contributed by atoms with Crippen molar-refractivity contribution in [3.63, 3.8) is 0 Å². The highest BCUT2D eigenvalue weighted by molar-refractivity contribution is 5.70. The summed E-state index contributed by atoms with van der Waals surface area (Å²) in [6.45, 7) is 7.28. The minimum absolute atomic E-state index is 0.00974. The fourth-order valence-corrected chi connectivity index (χ4v) is 5.70. The van der Waals surface area contributed by atoms with Crippen LogP contribution in [0.4, 0.5) is 13.6 Å². The molecule has 1 aromatic heterocycles. The van der Waals surface area contributed by atoms with E-state index in [0.29, 0.717) is 13.2 Å². The van der Waals surface area contributed by atoms with Crippen molar-refractivity contribution in [2.45, 2.75) is 51.0 Å². The van der Waals surface area contributed by atoms with Gasteiger partial charge in [0.2, 0.25) is 0 Å². The van der Waals surface area contributed by atoms with Crippen LogP contribution in [0, 0.1) is 17.0 Å². The number of ether oxygens (including phenoxy) is 1. The van der Waals surface area contributed by atoms with Gasteiger partial charge in [-0.25, -0.2) is 13.6 Å². The molecule has 1 aliphatic heterocycles. The Balaban J connectivity index is 1.62. The van der Waals surface area contributed by atoms with E-state index in [1.54, 1.807) is 11.0 Å². The van der Waals surface area contributed by atoms with Gasteiger partial charge in [-0.1, -0.05) is 19.9 Å². The quantitative estimate of drug-likeness (QED) is 0.767. The molecule has 0 N–H and O–H groups in total. The zero-order valence-corrected chi connectivity index (χ0v) is 16.7. The van der Waals surface area contributed by atoms with Gasteiger partial charge in [0.1, 0.15) is 18.2 Å². The summed E-state index contributed by atoms with van der Waals surface area (Å²) in [5.41, 5.74) is 1.42. The number of cyclic esters (lactones) is 1. The average Bonchev–Trinajstić information content (AvgIpc) is 3.19. The molecular weight excluding hydrogens is 376 g/mol. The number of hydrogen-bond donors (Lipinski definition) is 0. The topological polar surface area (TPSA) is 55.3 Å². The largest absolute Gasteiger partial charge is 0.447 e. The number of halogens is 2. The number of benzene rings is 1. The van der Waals surface area contributed by atoms with Gasteiger partial charge in [0.15, 0.2) is 0 Å². The molecule has 2 aliphatic carbocycles. The van der Waals surface area contributed by atoms with E-state index in [2.05, 4.69) is 24.0 Å². The van der Waals surface area contributed by atoms with Gasteiger partial charge in [0, 0.05) is 12.0 Å². The summed E-state index contributed by atoms with van der Waals surface area (Å²) in [5, 5.41) is 8.72. The number of rotatable bonds is 3. The first-order chi connectivity index (χ1) is 13.8. The molecule has 1 saturated carbocycles. The van der Waals surface area contributed by atoms with Gasteiger partial charge >= 0.3 is 6.09 Å². The molecule has 2 aromatic rings. The first kappa shape index (κ1) is 18.5. The minimum atomic E-state index is -0.648. The lowest BCUT2D eigenvalue weighted by Gasteiger charge is -2.40. The first-order valence-corrected chi connectivity index (χ1v) is 10.0. The Morgan fingerprint density at radius 3 is 2.62 bits per heavy atom. The van der Waals surface area contributed by atoms with Crippen LogP contribution in [0.5, 0.6) is 0 Å². The summed E-state index contributed by atoms with van der Waals surface area (Å²) in [6, 6.07) is 5.60. The average molecular weight is 399 g/mol. The van der Waals surface area contributed by atoms with Gasteiger partial charge in [0.05, 0.1) is 23.0 Å². The van der Waals surface area contributed by atoms with Crippen molar-refractivity contribution in [3.8, 4) is 11.3 Å². The van der Waals surface area contributed by atoms with Crippen LogP contribution >= 0.6 is 0 Å². The molecule has 5 rings (SSSR count). The van der Waals surface area contributed by atoms with E-state index < -0.39 is 11.6 Å². The molecule has 2 heterocycles. The Bertz CT molecular complexity index is 1000. The van der Waals surface area contributed by atoms with Gasteiger partial charge in [-0.2, -0.15) is 10.2 Å². The number of carbonyl (C=O) groups is 1. The van der Waals surface area contributed by atoms with Crippen LogP contribution in [-0.4, -0.2) is 40.4 Å². The van der Waals surface area contributed by atoms with Crippen LogP contribution in [0.15, 0.2) is 24.3 Å². The van der Waals surface area contributed by atoms with Crippen LogP contribution < -0.4 is 0 Å². The van der Waals surface area contributed by atoms with Gasteiger partial charge in [-0.3, -0.25) is 0 Å². The molecule has 0 radical (unpaired) electrons. The fraction of sp³-hybridized carbons (Fsp3) is 0.500. The van der Waals surface area contributed by atoms with Gasteiger partial charge in [-0.15, -0.1) is 0 Å². The van der Waals surface area contributed by atoms with E-state index in [1.807, 2.05) is 6.92 Å². The number of aromatic nitrogens is 2. The van der Waals surface area contributed by atoms with Crippen molar-refractivity contribution in [2.24, 2.45) is 5.41 Å². The predicted octanol–water partition coefficient (Wildman–Crippen LogP) is 4.42. The monoisotopic (exact) mass is 399 g/mol. The van der Waals surface area contributed by atoms with Crippen molar-refractivity contribution in [1.29, 1.82) is 0 Å². The molecule has 7 heteroatoms. The van der Waals surface area contributed by atoms with Crippen molar-refractivity contribution < 1.29 is 18.3 Å². The maximum absolute atomic E-state index is 14.3. The van der Waals surface area contributed by atoms with E-state index in [1.165, 1.54) is 18.2 Å². The molecule has 1 amide bonds. The van der Waals surface area contributed by atoms with Crippen molar-refractivity contribution in [3.05, 3.63) is 47.2 Å². The molecule has 3 aliphatic rings. The smallest absolute Gasteiger partial charge is 0.410 e. The lowest BCUT2D eigenvalue weighted by atomic mass is 9.68. The highest BCUT2D eigenvalue weighted by Gasteiger charge is 2.64. The second kappa shape index (κ2) is 5.97. The van der Waals surface area contributed by atoms with Crippen molar-refractivity contribution >= 4 is 6.09 Å². The Kier molecular flexibility index (Phi) is 3.80. The van der Waals surface area contributed by atoms with Gasteiger partial charge in [-0.05, 0) is 54.9 Å². The van der Waals surface area contributed by atoms with E-state index in [-0.39, 0.29) is 40.1 Å². The summed E-state index contributed by atoms with van der Waals surface area (Å²) >= 11 is 0. The second-order valence-corrected chi connectivity index (χ2v) is 9.08. The van der Waals surface area contributed by atoms with E-state index in [0.717, 1.165) is 24.1 Å². The van der Waals surface area contributed by atoms with Crippen molar-refractivity contribution in [1.82, 2.24) is 15.1 Å². The summed E-state index contributed by atoms with van der Waals surface area (Å²) in [5.74, 6) is -1.09. The van der Waals surface area contributed by atoms with E-state index >= 15 is 0 Å². The molecule has 1 aromatic carbocycles. The summed E-state index contributed by atoms with van der Waals surface area (Å²) in [4.78, 5) is 14.0. The lowest BCUT2D eigenvalue weighted by Crippen LogP contribution is -2.48. The van der Waals surface area contributed by atoms with E-state index in [9.17, 15) is 13.6 Å². The van der Waals surface area contributed by atoms with Crippen LogP contribution in [0.25, 0.3) is 11.3 Å². The van der Waals surface area contributed by atoms with Crippen molar-refractivity contribution in [2.75, 3.05) is 13.2 Å². The summed E-state index contributed by atoms with van der Waals surface area (Å²) in [6.07, 6.45) is 1.55. The summed E-state index contributed by atoms with van der Waals surface area (Å²) in [7, 11) is 0. The molecule has 3 atom stereocenters. The number of hydrogen-bond acceptors (Lipinski definition) is 4. The standard InChI is InChI=1S/C22H23F2N3O2/c1-12-10-29-20(28)27(12)11-22-8-7-14(21(22,2)3)13-9-17(25-26-19(13)22)18-15(23)5-4-6-16(18)24/h4-6,9,12,14H,7-8,10-11H2,1-3H3/t12-,14+,22+/m1/s1. The van der Waals surface area contributed by atoms with Gasteiger partial charge in [0.25, 0.3) is 0 Å². The molecule has 152 valence electrons. The molecule has 2 fully saturated rings. The Labute approximate surface area is 168 Å². The lowest BCUT2D eigenvalue weighted by molar-refractivity contribution is 0.121. The Morgan fingerprint density at radius 1 is 1.24 bits per heavy atom. The third kappa shape index (κ3) is 2.33. The number of nitrogens with zero attached hydrogens (tertiary/aromatic N) is 3. The number of carbonyl (C=O) groups excluding carboxylic acids is 1. The predicted molar refractivity (Wildman–Crippen MR) is 102 cm³/mol. The molecule has 5 nitrogen and oxygen atoms in total. The zero-order valence-electron chi connectivity index (χ0n) is 16.7. The molecule has 0 unspecified atom stereocenters. The molecule has 1 saturated heterocycles. The van der Waals surface area contributed by atoms with Crippen LogP contribution in [-0.2, 0) is 10.2 Å². The van der Waals surface area contributed by atoms with Crippen LogP contribution in [0.3, 0.4) is 0 Å². The SMILES string of the molecule is C[C@@H]1COC(=O)N1C[C@@]12CC[C@@H](c3cc(-c4c(F)cccc4F)nnc31)C2(C)C. The zero-order chi connectivity index (χ0) is 20.6. The van der Waals surface area contributed by atoms with Crippen LogP contribution in [0.2, 0.25) is 0 Å². The van der Waals surface area contributed by atoms with E-state index in [4.69, 9.17) is 4.74 Å². The molecular formula is C22H23F2N3O2.